The Labute approximate surface area is 649 Å². The van der Waals surface area contributed by atoms with Gasteiger partial charge in [-0.1, -0.05) is 345 Å². The van der Waals surface area contributed by atoms with Gasteiger partial charge < -0.3 is 41.1 Å². The van der Waals surface area contributed by atoms with E-state index in [1.54, 1.807) is 0 Å². The minimum atomic E-state index is 0. The maximum Gasteiger partial charge on any atom is 0.122 e. The molecule has 8 heteroatoms. The molecule has 16 atom stereocenters. The minimum Gasteiger partial charge on any atom is -0.412 e. The average molecular weight is 1450 g/mol. The van der Waals surface area contributed by atoms with Gasteiger partial charge in [-0.25, -0.2) is 0 Å². The van der Waals surface area contributed by atoms with E-state index in [1.165, 1.54) is 283 Å². The number of aliphatic hydroxyl groups is 1. The molecule has 0 aromatic carbocycles. The highest BCUT2D eigenvalue weighted by atomic mass is 16.3. The van der Waals surface area contributed by atoms with Crippen LogP contribution in [0.4, 0.5) is 0 Å². The third kappa shape index (κ3) is 88.2. The first-order valence-corrected chi connectivity index (χ1v) is 45.4. The number of hydrogen-bond donors (Lipinski definition) is 4. The molecule has 0 saturated heterocycles. The van der Waals surface area contributed by atoms with E-state index in [2.05, 4.69) is 206 Å². The lowest BCUT2D eigenvalue weighted by atomic mass is 9.88. The van der Waals surface area contributed by atoms with Crippen LogP contribution in [0, 0.1) is 102 Å². The molecule has 0 fully saturated rings. The van der Waals surface area contributed by atoms with Crippen LogP contribution in [-0.2, 0) is 4.79 Å². The fourth-order valence-corrected chi connectivity index (χ4v) is 15.6. The molecule has 0 bridgehead atoms. The maximum atomic E-state index is 10.4. The standard InChI is InChI=1S/C23H49N.C22H47N.C13H29N.C12H27N.C11H23O.C11H22O.C2H7N.H2O/c1-8-12-14-22(10-3)16-20(5)18-24(7)19-21(6)17-23(11-4)15-13-9-2;1-7-11-13-21(9-3)15-19(5)17-23-18-20(6)16-22(10-4)14-12-8-2;1-6-8-9-13(7-2)10-12(3)11-14(4)5;1-5-7-8-12(6-2)9-11(3)10-13-4;2*1-4-6-7-11(5-2)8-10(3)9-12;1-3-2;/h20-23H,8-19H2,1-7H3;19-23H,7-18H2,1-6H3;12-13H,6-11H2,1-5H3;11-13H,5-10H2,1-4H3;10-12H,1,4-9H2,2-3H3;9-11H,4-8H2,1-3H3;3H,1-2H3;1H2/q;;;;+1;;;. The summed E-state index contributed by atoms with van der Waals surface area (Å²) in [5.41, 5.74) is 0. The van der Waals surface area contributed by atoms with E-state index < -0.39 is 0 Å². The second kappa shape index (κ2) is 90.9. The first kappa shape index (κ1) is 117. The summed E-state index contributed by atoms with van der Waals surface area (Å²) < 4.78 is 0. The zero-order chi connectivity index (χ0) is 78.5. The van der Waals surface area contributed by atoms with Crippen molar-refractivity contribution in [3.8, 4) is 0 Å². The van der Waals surface area contributed by atoms with Gasteiger partial charge >= 0.3 is 0 Å². The Morgan fingerprint density at radius 1 is 0.343 bits per heavy atom. The number of hydrogen-bond acceptors (Lipinski definition) is 7. The Morgan fingerprint density at radius 3 is 0.784 bits per heavy atom. The fourth-order valence-electron chi connectivity index (χ4n) is 15.6. The predicted molar refractivity (Wildman–Crippen MR) is 471 cm³/mol. The normalized spacial score (nSPS) is 15.9. The molecule has 0 amide bonds. The SMILES string of the molecule is CCCCC(CC)CC(C)C=O.CCCCC(CC)CC(C)CN(C)C.CCCCC(CC)CC(C)CN(C)CC(C)CC(CC)CCCC.CCCCC(CC)CC(C)CNC.CCCCC(CC)CC(C)CNCC(C)CC(CC)CCCC.CNC.O.[CH2+]CCCC(CC)CC(C)CO. The van der Waals surface area contributed by atoms with Gasteiger partial charge in [0.15, 0.2) is 0 Å². The number of nitrogens with zero attached hydrogens (tertiary/aromatic N) is 2. The van der Waals surface area contributed by atoms with E-state index in [1.807, 2.05) is 28.1 Å². The van der Waals surface area contributed by atoms with Crippen molar-refractivity contribution in [2.75, 3.05) is 88.2 Å². The molecule has 6 N–H and O–H groups in total. The number of nitrogens with one attached hydrogen (secondary N) is 3. The molecular formula is C94H206N5O3+. The largest absolute Gasteiger partial charge is 0.412 e. The second-order valence-electron chi connectivity index (χ2n) is 34.3. The summed E-state index contributed by atoms with van der Waals surface area (Å²) in [4.78, 5) is 15.3. The summed E-state index contributed by atoms with van der Waals surface area (Å²) in [5, 5.41) is 18.7. The van der Waals surface area contributed by atoms with Crippen LogP contribution in [0.25, 0.3) is 0 Å². The van der Waals surface area contributed by atoms with Gasteiger partial charge in [-0.3, -0.25) is 0 Å². The van der Waals surface area contributed by atoms with Gasteiger partial charge in [0, 0.05) is 32.2 Å². The fraction of sp³-hybridized carbons (Fsp3) is 0.979. The van der Waals surface area contributed by atoms with Crippen LogP contribution in [-0.4, -0.2) is 115 Å². The zero-order valence-electron chi connectivity index (χ0n) is 76.5. The molecule has 0 saturated carbocycles. The molecule has 0 spiro atoms. The van der Waals surface area contributed by atoms with E-state index in [9.17, 15) is 4.79 Å². The number of carbonyl (C=O) groups excluding carboxylic acids is 1. The summed E-state index contributed by atoms with van der Waals surface area (Å²) in [6.07, 6.45) is 55.0. The highest BCUT2D eigenvalue weighted by molar-refractivity contribution is 5.52. The van der Waals surface area contributed by atoms with Gasteiger partial charge in [-0.2, -0.15) is 0 Å². The number of rotatable bonds is 62. The second-order valence-corrected chi connectivity index (χ2v) is 34.3. The van der Waals surface area contributed by atoms with E-state index in [-0.39, 0.29) is 11.4 Å². The summed E-state index contributed by atoms with van der Waals surface area (Å²) in [5.74, 6) is 13.0. The molecule has 0 aliphatic carbocycles. The summed E-state index contributed by atoms with van der Waals surface area (Å²) in [6.45, 7) is 64.8. The van der Waals surface area contributed by atoms with Crippen molar-refractivity contribution in [1.29, 1.82) is 0 Å². The Hall–Kier alpha value is -0.740. The first-order chi connectivity index (χ1) is 48.3. The Balaban J connectivity index is -0.000000176. The Kier molecular flexibility index (Phi) is 104. The molecule has 0 aromatic rings. The highest BCUT2D eigenvalue weighted by Crippen LogP contribution is 2.28. The average Bonchev–Trinajstić information content (AvgIpc) is 1.04. The van der Waals surface area contributed by atoms with E-state index in [4.69, 9.17) is 5.11 Å². The van der Waals surface area contributed by atoms with Crippen molar-refractivity contribution in [2.24, 2.45) is 94.7 Å². The molecule has 0 radical (unpaired) electrons. The number of aliphatic hydroxyl groups excluding tert-OH is 1. The van der Waals surface area contributed by atoms with Crippen LogP contribution in [0.3, 0.4) is 0 Å². The lowest BCUT2D eigenvalue weighted by Crippen LogP contribution is -2.30. The van der Waals surface area contributed by atoms with E-state index >= 15 is 0 Å². The first-order valence-electron chi connectivity index (χ1n) is 45.4. The lowest BCUT2D eigenvalue weighted by Gasteiger charge is -2.28. The monoisotopic (exact) mass is 1450 g/mol. The van der Waals surface area contributed by atoms with Crippen LogP contribution in [0.1, 0.15) is 416 Å². The van der Waals surface area contributed by atoms with Crippen LogP contribution in [0.5, 0.6) is 0 Å². The maximum absolute atomic E-state index is 10.4. The van der Waals surface area contributed by atoms with Gasteiger partial charge in [0.25, 0.3) is 0 Å². The van der Waals surface area contributed by atoms with Crippen molar-refractivity contribution in [1.82, 2.24) is 25.8 Å². The summed E-state index contributed by atoms with van der Waals surface area (Å²) in [6, 6.07) is 0. The lowest BCUT2D eigenvalue weighted by molar-refractivity contribution is -0.111. The van der Waals surface area contributed by atoms with Gasteiger partial charge in [0.05, 0.1) is 13.3 Å². The molecule has 624 valence electrons. The summed E-state index contributed by atoms with van der Waals surface area (Å²) >= 11 is 0. The molecule has 0 aromatic heterocycles. The summed E-state index contributed by atoms with van der Waals surface area (Å²) in [7, 11) is 12.5. The van der Waals surface area contributed by atoms with Gasteiger partial charge in [0.2, 0.25) is 0 Å². The highest BCUT2D eigenvalue weighted by Gasteiger charge is 2.19. The number of unbranched alkanes of at least 4 members (excludes halogenated alkanes) is 8. The molecule has 0 aliphatic rings. The van der Waals surface area contributed by atoms with Crippen molar-refractivity contribution in [2.45, 2.75) is 416 Å². The Morgan fingerprint density at radius 2 is 0.569 bits per heavy atom. The van der Waals surface area contributed by atoms with Crippen molar-refractivity contribution < 1.29 is 15.4 Å². The smallest absolute Gasteiger partial charge is 0.122 e. The van der Waals surface area contributed by atoms with Crippen LogP contribution in [0.2, 0.25) is 0 Å². The molecule has 102 heavy (non-hydrogen) atoms. The molecule has 0 aliphatic heterocycles. The van der Waals surface area contributed by atoms with Crippen molar-refractivity contribution in [3.05, 3.63) is 6.92 Å². The molecule has 0 rings (SSSR count). The molecule has 0 heterocycles. The van der Waals surface area contributed by atoms with Gasteiger partial charge in [0.1, 0.15) is 6.29 Å². The molecular weight excluding hydrogens is 1250 g/mol. The Bertz CT molecular complexity index is 1440. The van der Waals surface area contributed by atoms with Crippen LogP contribution >= 0.6 is 0 Å². The van der Waals surface area contributed by atoms with Gasteiger partial charge in [-0.15, -0.1) is 0 Å². The predicted octanol–water partition coefficient (Wildman–Crippen LogP) is 27.2. The quantitative estimate of drug-likeness (QED) is 0.0355. The van der Waals surface area contributed by atoms with Crippen molar-refractivity contribution >= 4 is 6.29 Å². The minimum absolute atomic E-state index is 0. The molecule has 16 unspecified atom stereocenters. The van der Waals surface area contributed by atoms with Crippen molar-refractivity contribution in [3.63, 3.8) is 0 Å². The number of carbonyl (C=O) groups is 1. The van der Waals surface area contributed by atoms with E-state index in [0.717, 1.165) is 102 Å². The molecule has 8 nitrogen and oxygen atoms in total. The van der Waals surface area contributed by atoms with E-state index in [0.29, 0.717) is 12.5 Å². The number of aldehydes is 1. The zero-order valence-corrected chi connectivity index (χ0v) is 76.5. The third-order valence-corrected chi connectivity index (χ3v) is 22.1. The van der Waals surface area contributed by atoms with Gasteiger partial charge in [-0.05, 0) is 215 Å². The third-order valence-electron chi connectivity index (χ3n) is 22.1. The van der Waals surface area contributed by atoms with Crippen LogP contribution < -0.4 is 16.0 Å². The van der Waals surface area contributed by atoms with Crippen LogP contribution in [0.15, 0.2) is 0 Å². The topological polar surface area (TPSA) is 111 Å².